The lowest BCUT2D eigenvalue weighted by Gasteiger charge is -2.36. The van der Waals surface area contributed by atoms with Gasteiger partial charge >= 0.3 is 6.03 Å². The first-order chi connectivity index (χ1) is 14.6. The molecule has 0 aliphatic carbocycles. The van der Waals surface area contributed by atoms with Crippen molar-refractivity contribution >= 4 is 23.3 Å². The van der Waals surface area contributed by atoms with Crippen molar-refractivity contribution in [2.24, 2.45) is 0 Å². The third-order valence-electron chi connectivity index (χ3n) is 5.79. The van der Waals surface area contributed by atoms with Crippen molar-refractivity contribution in [2.75, 3.05) is 50.0 Å². The van der Waals surface area contributed by atoms with Crippen LogP contribution in [-0.4, -0.2) is 66.5 Å². The molecular weight excluding hydrogens is 380 g/mol. The molecule has 2 aromatic rings. The van der Waals surface area contributed by atoms with Crippen molar-refractivity contribution in [3.63, 3.8) is 0 Å². The molecule has 1 fully saturated rings. The highest BCUT2D eigenvalue weighted by Gasteiger charge is 2.24. The number of hydrogen-bond acceptors (Lipinski definition) is 5. The first-order valence-corrected chi connectivity index (χ1v) is 10.4. The van der Waals surface area contributed by atoms with Crippen molar-refractivity contribution in [1.29, 1.82) is 0 Å². The number of rotatable bonds is 5. The van der Waals surface area contributed by atoms with E-state index in [0.29, 0.717) is 18.8 Å². The zero-order chi connectivity index (χ0) is 21.1. The Morgan fingerprint density at radius 2 is 2.00 bits per heavy atom. The standard InChI is InChI=1S/C22H28N6O2/c1-3-27-15-17-7-6-16(13-18(17)25-22(27)30)14-26-9-11-28(12-10-26)19-5-4-8-24-20(19)21(29)23-2/h4-8,13H,3,9-12,14-15H2,1-2H3,(H,23,29)(H,25,30). The largest absolute Gasteiger partial charge is 0.367 e. The molecule has 2 aliphatic rings. The lowest BCUT2D eigenvalue weighted by molar-refractivity contribution is 0.0958. The summed E-state index contributed by atoms with van der Waals surface area (Å²) in [6.07, 6.45) is 1.65. The summed E-state index contributed by atoms with van der Waals surface area (Å²) in [6.45, 7) is 7.66. The maximum atomic E-state index is 12.1. The molecule has 3 heterocycles. The minimum atomic E-state index is -0.161. The molecule has 8 nitrogen and oxygen atoms in total. The van der Waals surface area contributed by atoms with Crippen LogP contribution in [0.3, 0.4) is 0 Å². The number of aromatic nitrogens is 1. The van der Waals surface area contributed by atoms with Crippen LogP contribution < -0.4 is 15.5 Å². The van der Waals surface area contributed by atoms with Crippen LogP contribution in [0.4, 0.5) is 16.2 Å². The lowest BCUT2D eigenvalue weighted by atomic mass is 10.1. The lowest BCUT2D eigenvalue weighted by Crippen LogP contribution is -2.46. The van der Waals surface area contributed by atoms with E-state index in [4.69, 9.17) is 0 Å². The molecule has 0 atom stereocenters. The highest BCUT2D eigenvalue weighted by molar-refractivity contribution is 5.97. The van der Waals surface area contributed by atoms with E-state index in [-0.39, 0.29) is 11.9 Å². The summed E-state index contributed by atoms with van der Waals surface area (Å²) in [5, 5.41) is 5.67. The molecule has 158 valence electrons. The van der Waals surface area contributed by atoms with Gasteiger partial charge in [-0.2, -0.15) is 0 Å². The second-order valence-electron chi connectivity index (χ2n) is 7.65. The van der Waals surface area contributed by atoms with Crippen molar-refractivity contribution in [3.05, 3.63) is 53.3 Å². The first kappa shape index (κ1) is 20.2. The fourth-order valence-corrected chi connectivity index (χ4v) is 4.05. The molecule has 0 unspecified atom stereocenters. The van der Waals surface area contributed by atoms with E-state index in [0.717, 1.165) is 49.7 Å². The van der Waals surface area contributed by atoms with Crippen LogP contribution in [0, 0.1) is 0 Å². The van der Waals surface area contributed by atoms with Crippen LogP contribution in [0.5, 0.6) is 0 Å². The highest BCUT2D eigenvalue weighted by Crippen LogP contribution is 2.26. The Bertz CT molecular complexity index is 939. The van der Waals surface area contributed by atoms with Gasteiger partial charge < -0.3 is 20.4 Å². The molecule has 8 heteroatoms. The second-order valence-corrected chi connectivity index (χ2v) is 7.65. The number of hydrogen-bond donors (Lipinski definition) is 2. The van der Waals surface area contributed by atoms with Crippen molar-refractivity contribution < 1.29 is 9.59 Å². The monoisotopic (exact) mass is 408 g/mol. The Labute approximate surface area is 176 Å². The summed E-state index contributed by atoms with van der Waals surface area (Å²) in [6, 6.07) is 10.2. The van der Waals surface area contributed by atoms with E-state index in [9.17, 15) is 9.59 Å². The Morgan fingerprint density at radius 3 is 2.73 bits per heavy atom. The van der Waals surface area contributed by atoms with E-state index in [1.165, 1.54) is 5.56 Å². The average molecular weight is 409 g/mol. The number of urea groups is 1. The maximum absolute atomic E-state index is 12.1. The summed E-state index contributed by atoms with van der Waals surface area (Å²) in [5.74, 6) is -0.161. The fourth-order valence-electron chi connectivity index (χ4n) is 4.05. The predicted octanol–water partition coefficient (Wildman–Crippen LogP) is 2.13. The van der Waals surface area contributed by atoms with Gasteiger partial charge in [0.15, 0.2) is 5.69 Å². The SMILES string of the molecule is CCN1Cc2ccc(CN3CCN(c4cccnc4C(=O)NC)CC3)cc2NC1=O. The maximum Gasteiger partial charge on any atom is 0.322 e. The Hall–Kier alpha value is -3.13. The molecule has 30 heavy (non-hydrogen) atoms. The minimum Gasteiger partial charge on any atom is -0.367 e. The third kappa shape index (κ3) is 4.09. The molecule has 0 spiro atoms. The molecule has 0 radical (unpaired) electrons. The van der Waals surface area contributed by atoms with Crippen LogP contribution in [0.1, 0.15) is 28.5 Å². The molecule has 2 aliphatic heterocycles. The van der Waals surface area contributed by atoms with E-state index in [1.54, 1.807) is 18.1 Å². The minimum absolute atomic E-state index is 0.0286. The molecular formula is C22H28N6O2. The van der Waals surface area contributed by atoms with Gasteiger partial charge in [-0.25, -0.2) is 9.78 Å². The van der Waals surface area contributed by atoms with E-state index >= 15 is 0 Å². The van der Waals surface area contributed by atoms with Crippen molar-refractivity contribution in [2.45, 2.75) is 20.0 Å². The topological polar surface area (TPSA) is 80.8 Å². The van der Waals surface area contributed by atoms with Crippen LogP contribution in [0.2, 0.25) is 0 Å². The molecule has 1 saturated heterocycles. The number of fused-ring (bicyclic) bond motifs is 1. The molecule has 4 rings (SSSR count). The predicted molar refractivity (Wildman–Crippen MR) is 117 cm³/mol. The first-order valence-electron chi connectivity index (χ1n) is 10.4. The number of benzene rings is 1. The van der Waals surface area contributed by atoms with E-state index in [1.807, 2.05) is 19.1 Å². The molecule has 0 bridgehead atoms. The molecule has 1 aromatic heterocycles. The zero-order valence-electron chi connectivity index (χ0n) is 17.5. The van der Waals surface area contributed by atoms with Crippen LogP contribution >= 0.6 is 0 Å². The number of carbonyl (C=O) groups is 2. The number of carbonyl (C=O) groups excluding carboxylic acids is 2. The van der Waals surface area contributed by atoms with Gasteiger partial charge in [0.2, 0.25) is 0 Å². The zero-order valence-corrected chi connectivity index (χ0v) is 17.5. The van der Waals surface area contributed by atoms with Gasteiger partial charge in [-0.3, -0.25) is 9.69 Å². The van der Waals surface area contributed by atoms with Crippen molar-refractivity contribution in [1.82, 2.24) is 20.1 Å². The number of nitrogens with zero attached hydrogens (tertiary/aromatic N) is 4. The van der Waals surface area contributed by atoms with Crippen LogP contribution in [0.25, 0.3) is 0 Å². The summed E-state index contributed by atoms with van der Waals surface area (Å²) < 4.78 is 0. The van der Waals surface area contributed by atoms with E-state index in [2.05, 4.69) is 43.6 Å². The summed E-state index contributed by atoms with van der Waals surface area (Å²) >= 11 is 0. The Kier molecular flexibility index (Phi) is 5.85. The number of pyridine rings is 1. The van der Waals surface area contributed by atoms with Gasteiger partial charge in [0.05, 0.1) is 5.69 Å². The Balaban J connectivity index is 1.39. The van der Waals surface area contributed by atoms with Crippen molar-refractivity contribution in [3.8, 4) is 0 Å². The van der Waals surface area contributed by atoms with Gasteiger partial charge in [-0.1, -0.05) is 12.1 Å². The molecule has 0 saturated carbocycles. The summed E-state index contributed by atoms with van der Waals surface area (Å²) in [7, 11) is 1.62. The van der Waals surface area contributed by atoms with Gasteiger partial charge in [-0.15, -0.1) is 0 Å². The molecule has 2 N–H and O–H groups in total. The normalized spacial score (nSPS) is 16.8. The Morgan fingerprint density at radius 1 is 1.20 bits per heavy atom. The van der Waals surface area contributed by atoms with Gasteiger partial charge in [0, 0.05) is 64.7 Å². The number of nitrogens with one attached hydrogen (secondary N) is 2. The fraction of sp³-hybridized carbons (Fsp3) is 0.409. The van der Waals surface area contributed by atoms with E-state index < -0.39 is 0 Å². The summed E-state index contributed by atoms with van der Waals surface area (Å²) in [4.78, 5) is 34.9. The van der Waals surface area contributed by atoms with Gasteiger partial charge in [0.1, 0.15) is 0 Å². The second kappa shape index (κ2) is 8.71. The molecule has 3 amide bonds. The van der Waals surface area contributed by atoms with Gasteiger partial charge in [-0.05, 0) is 36.2 Å². The number of piperazine rings is 1. The highest BCUT2D eigenvalue weighted by atomic mass is 16.2. The number of amides is 3. The van der Waals surface area contributed by atoms with Crippen LogP contribution in [-0.2, 0) is 13.1 Å². The quantitative estimate of drug-likeness (QED) is 0.792. The average Bonchev–Trinajstić information content (AvgIpc) is 2.78. The number of anilines is 2. The van der Waals surface area contributed by atoms with Crippen LogP contribution in [0.15, 0.2) is 36.5 Å². The smallest absolute Gasteiger partial charge is 0.322 e. The van der Waals surface area contributed by atoms with Gasteiger partial charge in [0.25, 0.3) is 5.91 Å². The third-order valence-corrected chi connectivity index (χ3v) is 5.79. The molecule has 1 aromatic carbocycles. The summed E-state index contributed by atoms with van der Waals surface area (Å²) in [5.41, 5.74) is 4.63.